The van der Waals surface area contributed by atoms with Crippen LogP contribution < -0.4 is 15.0 Å². The monoisotopic (exact) mass is 649 g/mol. The average Bonchev–Trinajstić information content (AvgIpc) is 3.02. The number of rotatable bonds is 9. The smallest absolute Gasteiger partial charge is 0.406 e. The van der Waals surface area contributed by atoms with Gasteiger partial charge in [0.25, 0.3) is 5.92 Å². The highest BCUT2D eigenvalue weighted by Crippen LogP contribution is 2.31. The van der Waals surface area contributed by atoms with Gasteiger partial charge in [-0.15, -0.1) is 13.2 Å². The van der Waals surface area contributed by atoms with Gasteiger partial charge in [-0.2, -0.15) is 4.31 Å². The molecule has 45 heavy (non-hydrogen) atoms. The van der Waals surface area contributed by atoms with Crippen LogP contribution in [0.2, 0.25) is 0 Å². The number of benzene rings is 3. The van der Waals surface area contributed by atoms with E-state index in [1.807, 2.05) is 6.07 Å². The predicted molar refractivity (Wildman–Crippen MR) is 155 cm³/mol. The molecule has 1 fully saturated rings. The normalized spacial score (nSPS) is 16.5. The molecule has 5 rings (SSSR count). The summed E-state index contributed by atoms with van der Waals surface area (Å²) in [5.41, 5.74) is 1.60. The number of hydrogen-bond acceptors (Lipinski definition) is 7. The van der Waals surface area contributed by atoms with E-state index in [4.69, 9.17) is 0 Å². The van der Waals surface area contributed by atoms with Crippen LogP contribution in [0.25, 0.3) is 11.0 Å². The quantitative estimate of drug-likeness (QED) is 0.248. The standard InChI is InChI=1S/C30H28F5N5O4S/c1-2-29(31,32)21-9-7-20(8-10-21)17-37-28(41)26-19-39(27-18-36-24-5-3-4-6-25(24)38-27)15-16-40(26)45(42,43)23-13-11-22(12-14-23)44-30(33,34)35/h3-14,18,26H,2,15-17,19H2,1H3,(H,37,41)/t26-/m1/s1. The van der Waals surface area contributed by atoms with Gasteiger partial charge in [0.1, 0.15) is 17.6 Å². The van der Waals surface area contributed by atoms with Crippen molar-refractivity contribution < 1.29 is 39.9 Å². The van der Waals surface area contributed by atoms with Crippen LogP contribution in [0, 0.1) is 0 Å². The lowest BCUT2D eigenvalue weighted by Gasteiger charge is -2.40. The van der Waals surface area contributed by atoms with Gasteiger partial charge >= 0.3 is 6.36 Å². The number of para-hydroxylation sites is 2. The molecule has 1 aliphatic rings. The van der Waals surface area contributed by atoms with Crippen molar-refractivity contribution in [2.75, 3.05) is 24.5 Å². The van der Waals surface area contributed by atoms with Crippen molar-refractivity contribution in [3.05, 3.63) is 90.1 Å². The third kappa shape index (κ3) is 7.31. The Kier molecular flexibility index (Phi) is 8.94. The average molecular weight is 650 g/mol. The number of ether oxygens (including phenoxy) is 1. The summed E-state index contributed by atoms with van der Waals surface area (Å²) in [6.45, 7) is 1.17. The van der Waals surface area contributed by atoms with E-state index in [0.29, 0.717) is 22.4 Å². The maximum atomic E-state index is 14.0. The third-order valence-corrected chi connectivity index (χ3v) is 9.27. The van der Waals surface area contributed by atoms with Crippen LogP contribution in [-0.4, -0.2) is 60.6 Å². The maximum Gasteiger partial charge on any atom is 0.573 e. The number of piperazine rings is 1. The van der Waals surface area contributed by atoms with Crippen molar-refractivity contribution in [1.82, 2.24) is 19.6 Å². The topological polar surface area (TPSA) is 105 Å². The van der Waals surface area contributed by atoms with Gasteiger partial charge in [0.05, 0.1) is 22.1 Å². The number of amides is 1. The fourth-order valence-corrected chi connectivity index (χ4v) is 6.47. The summed E-state index contributed by atoms with van der Waals surface area (Å²) in [7, 11) is -4.38. The molecule has 1 saturated heterocycles. The van der Waals surface area contributed by atoms with E-state index in [0.717, 1.165) is 28.6 Å². The Morgan fingerprint density at radius 2 is 1.62 bits per heavy atom. The molecule has 1 aliphatic heterocycles. The molecule has 1 N–H and O–H groups in total. The second kappa shape index (κ2) is 12.6. The zero-order valence-corrected chi connectivity index (χ0v) is 24.7. The van der Waals surface area contributed by atoms with Crippen molar-refractivity contribution >= 4 is 32.8 Å². The number of carbonyl (C=O) groups excluding carboxylic acids is 1. The molecule has 0 saturated carbocycles. The molecule has 1 aromatic heterocycles. The van der Waals surface area contributed by atoms with E-state index in [2.05, 4.69) is 20.0 Å². The number of alkyl halides is 5. The molecule has 2 heterocycles. The molecule has 9 nitrogen and oxygen atoms in total. The van der Waals surface area contributed by atoms with Crippen molar-refractivity contribution in [3.63, 3.8) is 0 Å². The first-order valence-electron chi connectivity index (χ1n) is 13.9. The van der Waals surface area contributed by atoms with E-state index in [1.165, 1.54) is 37.4 Å². The molecule has 0 bridgehead atoms. The van der Waals surface area contributed by atoms with E-state index in [-0.39, 0.29) is 43.1 Å². The number of halogens is 5. The Bertz CT molecular complexity index is 1770. The number of sulfonamides is 1. The molecule has 238 valence electrons. The Labute approximate surface area is 255 Å². The zero-order chi connectivity index (χ0) is 32.4. The first-order valence-corrected chi connectivity index (χ1v) is 15.3. The van der Waals surface area contributed by atoms with E-state index < -0.39 is 40.0 Å². The fraction of sp³-hybridized carbons (Fsp3) is 0.300. The Morgan fingerprint density at radius 3 is 2.27 bits per heavy atom. The first kappa shape index (κ1) is 32.0. The SMILES string of the molecule is CCC(F)(F)c1ccc(CNC(=O)[C@H]2CN(c3cnc4ccccc4n3)CCN2S(=O)(=O)c2ccc(OC(F)(F)F)cc2)cc1. The second-order valence-corrected chi connectivity index (χ2v) is 12.2. The van der Waals surface area contributed by atoms with Gasteiger partial charge in [-0.1, -0.05) is 43.3 Å². The summed E-state index contributed by atoms with van der Waals surface area (Å²) in [5, 5.41) is 2.69. The highest BCUT2D eigenvalue weighted by molar-refractivity contribution is 7.89. The van der Waals surface area contributed by atoms with E-state index >= 15 is 0 Å². The zero-order valence-electron chi connectivity index (χ0n) is 23.8. The van der Waals surface area contributed by atoms with Crippen molar-refractivity contribution in [3.8, 4) is 5.75 Å². The second-order valence-electron chi connectivity index (χ2n) is 10.3. The minimum absolute atomic E-state index is 0.0690. The van der Waals surface area contributed by atoms with Crippen LogP contribution in [0.15, 0.2) is 83.9 Å². The van der Waals surface area contributed by atoms with Crippen molar-refractivity contribution in [2.24, 2.45) is 0 Å². The molecule has 0 spiro atoms. The Hall–Kier alpha value is -4.37. The Morgan fingerprint density at radius 1 is 0.956 bits per heavy atom. The van der Waals surface area contributed by atoms with Crippen LogP contribution in [0.4, 0.5) is 27.8 Å². The summed E-state index contributed by atoms with van der Waals surface area (Å²) in [6.07, 6.45) is -3.80. The molecule has 4 aromatic rings. The lowest BCUT2D eigenvalue weighted by molar-refractivity contribution is -0.274. The van der Waals surface area contributed by atoms with Gasteiger partial charge in [-0.3, -0.25) is 9.78 Å². The van der Waals surface area contributed by atoms with Gasteiger partial charge in [0, 0.05) is 38.2 Å². The Balaban J connectivity index is 1.40. The van der Waals surface area contributed by atoms with Crippen LogP contribution in [-0.2, 0) is 27.3 Å². The summed E-state index contributed by atoms with van der Waals surface area (Å²) < 4.78 is 98.1. The van der Waals surface area contributed by atoms with Crippen LogP contribution in [0.1, 0.15) is 24.5 Å². The predicted octanol–water partition coefficient (Wildman–Crippen LogP) is 5.23. The molecule has 1 atom stereocenters. The molecular formula is C30H28F5N5O4S. The van der Waals surface area contributed by atoms with E-state index in [9.17, 15) is 35.2 Å². The molecule has 0 unspecified atom stereocenters. The minimum Gasteiger partial charge on any atom is -0.406 e. The number of nitrogens with one attached hydrogen (secondary N) is 1. The van der Waals surface area contributed by atoms with Crippen molar-refractivity contribution in [2.45, 2.75) is 43.1 Å². The molecule has 15 heteroatoms. The number of nitrogens with zero attached hydrogens (tertiary/aromatic N) is 4. The van der Waals surface area contributed by atoms with E-state index in [1.54, 1.807) is 23.1 Å². The number of aromatic nitrogens is 2. The van der Waals surface area contributed by atoms with Gasteiger partial charge in [0.15, 0.2) is 0 Å². The molecule has 0 radical (unpaired) electrons. The fourth-order valence-electron chi connectivity index (χ4n) is 4.90. The lowest BCUT2D eigenvalue weighted by Crippen LogP contribution is -2.60. The van der Waals surface area contributed by atoms with Gasteiger partial charge in [-0.25, -0.2) is 22.2 Å². The summed E-state index contributed by atoms with van der Waals surface area (Å²) in [5.74, 6) is -3.84. The van der Waals surface area contributed by atoms with Crippen LogP contribution in [0.3, 0.4) is 0 Å². The third-order valence-electron chi connectivity index (χ3n) is 7.34. The van der Waals surface area contributed by atoms with Gasteiger partial charge in [0.2, 0.25) is 15.9 Å². The summed E-state index contributed by atoms with van der Waals surface area (Å²) >= 11 is 0. The number of fused-ring (bicyclic) bond motifs is 1. The number of hydrogen-bond donors (Lipinski definition) is 1. The highest BCUT2D eigenvalue weighted by Gasteiger charge is 2.41. The number of carbonyl (C=O) groups is 1. The molecule has 1 amide bonds. The minimum atomic E-state index is -4.96. The molecule has 3 aromatic carbocycles. The highest BCUT2D eigenvalue weighted by atomic mass is 32.2. The maximum absolute atomic E-state index is 14.0. The summed E-state index contributed by atoms with van der Waals surface area (Å²) in [4.78, 5) is 24.0. The van der Waals surface area contributed by atoms with Gasteiger partial charge in [-0.05, 0) is 42.0 Å². The van der Waals surface area contributed by atoms with Crippen molar-refractivity contribution in [1.29, 1.82) is 0 Å². The largest absolute Gasteiger partial charge is 0.573 e. The molecular weight excluding hydrogens is 621 g/mol. The number of anilines is 1. The first-order chi connectivity index (χ1) is 21.3. The molecule has 0 aliphatic carbocycles. The lowest BCUT2D eigenvalue weighted by atomic mass is 10.0. The van der Waals surface area contributed by atoms with Crippen LogP contribution >= 0.6 is 0 Å². The van der Waals surface area contributed by atoms with Gasteiger partial charge < -0.3 is 15.0 Å². The summed E-state index contributed by atoms with van der Waals surface area (Å²) in [6, 6.07) is 15.0. The van der Waals surface area contributed by atoms with Crippen LogP contribution in [0.5, 0.6) is 5.75 Å².